The van der Waals surface area contributed by atoms with E-state index in [4.69, 9.17) is 4.74 Å². The van der Waals surface area contributed by atoms with E-state index in [0.717, 1.165) is 6.42 Å². The minimum atomic E-state index is -0.206. The molecule has 0 aliphatic carbocycles. The molecule has 0 spiro atoms. The van der Waals surface area contributed by atoms with Crippen molar-refractivity contribution in [3.8, 4) is 5.75 Å². The maximum Gasteiger partial charge on any atom is 0.257 e. The lowest BCUT2D eigenvalue weighted by molar-refractivity contribution is -0.122. The Hall–Kier alpha value is -2.08. The molecule has 0 aromatic heterocycles. The maximum atomic E-state index is 11.8. The van der Waals surface area contributed by atoms with Crippen LogP contribution in [0, 0.1) is 0 Å². The number of hydrogen-bond acceptors (Lipinski definition) is 4. The number of hydrogen-bond donors (Lipinski definition) is 3. The van der Waals surface area contributed by atoms with Gasteiger partial charge in [-0.2, -0.15) is 0 Å². The molecule has 1 unspecified atom stereocenters. The third-order valence-electron chi connectivity index (χ3n) is 2.99. The number of ether oxygens (including phenoxy) is 1. The van der Waals surface area contributed by atoms with E-state index in [1.165, 1.54) is 0 Å². The van der Waals surface area contributed by atoms with Crippen molar-refractivity contribution in [3.63, 3.8) is 0 Å². The molecule has 1 aromatic carbocycles. The van der Waals surface area contributed by atoms with Gasteiger partial charge in [-0.05, 0) is 25.5 Å². The molecule has 6 nitrogen and oxygen atoms in total. The molecule has 0 fully saturated rings. The average Bonchev–Trinajstić information content (AvgIpc) is 2.50. The fraction of sp³-hybridized carbons (Fsp3) is 0.467. The number of benzene rings is 1. The molecule has 0 saturated carbocycles. The number of carbonyl (C=O) groups excluding carboxylic acids is 2. The van der Waals surface area contributed by atoms with E-state index in [2.05, 4.69) is 22.9 Å². The van der Waals surface area contributed by atoms with Crippen LogP contribution in [0.2, 0.25) is 0 Å². The van der Waals surface area contributed by atoms with Crippen molar-refractivity contribution in [2.75, 3.05) is 25.5 Å². The highest BCUT2D eigenvalue weighted by Gasteiger charge is 2.06. The monoisotopic (exact) mass is 293 g/mol. The minimum Gasteiger partial charge on any atom is -0.484 e. The Labute approximate surface area is 125 Å². The van der Waals surface area contributed by atoms with Crippen molar-refractivity contribution in [3.05, 3.63) is 24.3 Å². The summed E-state index contributed by atoms with van der Waals surface area (Å²) in [7, 11) is 1.55. The summed E-state index contributed by atoms with van der Waals surface area (Å²) >= 11 is 0. The summed E-state index contributed by atoms with van der Waals surface area (Å²) in [5.41, 5.74) is 0.639. The van der Waals surface area contributed by atoms with Crippen LogP contribution in [-0.4, -0.2) is 38.1 Å². The zero-order valence-corrected chi connectivity index (χ0v) is 12.7. The Balaban J connectivity index is 2.48. The first-order chi connectivity index (χ1) is 10.0. The first-order valence-corrected chi connectivity index (χ1v) is 7.01. The minimum absolute atomic E-state index is 0.0521. The number of carbonyl (C=O) groups is 2. The van der Waals surface area contributed by atoms with Crippen LogP contribution < -0.4 is 20.7 Å². The lowest BCUT2D eigenvalue weighted by Gasteiger charge is -2.12. The van der Waals surface area contributed by atoms with Gasteiger partial charge in [0.15, 0.2) is 6.61 Å². The highest BCUT2D eigenvalue weighted by atomic mass is 16.5. The summed E-state index contributed by atoms with van der Waals surface area (Å²) in [6.45, 7) is 4.30. The van der Waals surface area contributed by atoms with E-state index < -0.39 is 0 Å². The van der Waals surface area contributed by atoms with Crippen LogP contribution in [0.25, 0.3) is 0 Å². The summed E-state index contributed by atoms with van der Waals surface area (Å²) < 4.78 is 5.32. The molecule has 1 atom stereocenters. The van der Waals surface area contributed by atoms with E-state index in [-0.39, 0.29) is 25.0 Å². The zero-order chi connectivity index (χ0) is 15.7. The number of amides is 2. The first-order valence-electron chi connectivity index (χ1n) is 7.01. The molecule has 3 N–H and O–H groups in total. The van der Waals surface area contributed by atoms with Gasteiger partial charge in [-0.1, -0.05) is 13.0 Å². The molecule has 0 heterocycles. The molecule has 6 heteroatoms. The molecule has 0 radical (unpaired) electrons. The smallest absolute Gasteiger partial charge is 0.257 e. The van der Waals surface area contributed by atoms with E-state index in [1.807, 2.05) is 6.92 Å². The van der Waals surface area contributed by atoms with Crippen molar-refractivity contribution >= 4 is 17.5 Å². The van der Waals surface area contributed by atoms with Crippen molar-refractivity contribution in [1.29, 1.82) is 0 Å². The van der Waals surface area contributed by atoms with Crippen molar-refractivity contribution < 1.29 is 14.3 Å². The Morgan fingerprint density at radius 2 is 2.05 bits per heavy atom. The molecule has 1 rings (SSSR count). The van der Waals surface area contributed by atoms with E-state index in [9.17, 15) is 9.59 Å². The van der Waals surface area contributed by atoms with Crippen LogP contribution in [0.4, 0.5) is 5.69 Å². The van der Waals surface area contributed by atoms with Crippen LogP contribution >= 0.6 is 0 Å². The Kier molecular flexibility index (Phi) is 7.25. The molecular weight excluding hydrogens is 270 g/mol. The van der Waals surface area contributed by atoms with Gasteiger partial charge in [0.2, 0.25) is 5.91 Å². The quantitative estimate of drug-likeness (QED) is 0.671. The first kappa shape index (κ1) is 17.0. The summed E-state index contributed by atoms with van der Waals surface area (Å²) in [6.07, 6.45) is 0.968. The van der Waals surface area contributed by atoms with E-state index >= 15 is 0 Å². The topological polar surface area (TPSA) is 79.5 Å². The fourth-order valence-electron chi connectivity index (χ4n) is 1.50. The van der Waals surface area contributed by atoms with Gasteiger partial charge in [0.1, 0.15) is 5.75 Å². The summed E-state index contributed by atoms with van der Waals surface area (Å²) in [5, 5.41) is 8.37. The number of nitrogens with one attached hydrogen (secondary N) is 3. The summed E-state index contributed by atoms with van der Waals surface area (Å²) in [6, 6.07) is 7.25. The molecule has 1 aromatic rings. The van der Waals surface area contributed by atoms with Crippen molar-refractivity contribution in [1.82, 2.24) is 10.6 Å². The third-order valence-corrected chi connectivity index (χ3v) is 2.99. The molecule has 0 aliphatic rings. The predicted molar refractivity (Wildman–Crippen MR) is 82.4 cm³/mol. The fourth-order valence-corrected chi connectivity index (χ4v) is 1.50. The Morgan fingerprint density at radius 1 is 1.29 bits per heavy atom. The molecule has 0 saturated heterocycles. The second kappa shape index (κ2) is 8.97. The van der Waals surface area contributed by atoms with Crippen LogP contribution in [0.5, 0.6) is 5.75 Å². The molecule has 0 aliphatic heterocycles. The Morgan fingerprint density at radius 3 is 2.71 bits per heavy atom. The Bertz CT molecular complexity index is 477. The largest absolute Gasteiger partial charge is 0.484 e. The van der Waals surface area contributed by atoms with Gasteiger partial charge >= 0.3 is 0 Å². The zero-order valence-electron chi connectivity index (χ0n) is 12.7. The lowest BCUT2D eigenvalue weighted by atomic mass is 10.2. The van der Waals surface area contributed by atoms with Crippen LogP contribution in [0.3, 0.4) is 0 Å². The van der Waals surface area contributed by atoms with Gasteiger partial charge in [-0.3, -0.25) is 9.59 Å². The van der Waals surface area contributed by atoms with E-state index in [1.54, 1.807) is 31.3 Å². The SMILES string of the molecule is CCC(C)NCC(=O)Nc1cccc(OCC(=O)NC)c1. The van der Waals surface area contributed by atoms with Crippen molar-refractivity contribution in [2.24, 2.45) is 0 Å². The number of anilines is 1. The summed E-state index contributed by atoms with van der Waals surface area (Å²) in [4.78, 5) is 22.9. The average molecular weight is 293 g/mol. The third kappa shape index (κ3) is 6.76. The molecule has 21 heavy (non-hydrogen) atoms. The summed E-state index contributed by atoms with van der Waals surface area (Å²) in [5.74, 6) is 0.215. The predicted octanol–water partition coefficient (Wildman–Crippen LogP) is 1.14. The van der Waals surface area contributed by atoms with Gasteiger partial charge in [0, 0.05) is 24.8 Å². The standard InChI is InChI=1S/C15H23N3O3/c1-4-11(2)17-9-14(19)18-12-6-5-7-13(8-12)21-10-15(20)16-3/h5-8,11,17H,4,9-10H2,1-3H3,(H,16,20)(H,18,19). The molecule has 2 amide bonds. The van der Waals surface area contributed by atoms with Gasteiger partial charge in [-0.25, -0.2) is 0 Å². The number of likely N-dealkylation sites (N-methyl/N-ethyl adjacent to an activating group) is 1. The second-order valence-electron chi connectivity index (χ2n) is 4.73. The second-order valence-corrected chi connectivity index (χ2v) is 4.73. The molecule has 116 valence electrons. The maximum absolute atomic E-state index is 11.8. The lowest BCUT2D eigenvalue weighted by Crippen LogP contribution is -2.33. The van der Waals surface area contributed by atoms with Crippen LogP contribution in [0.1, 0.15) is 20.3 Å². The van der Waals surface area contributed by atoms with Gasteiger partial charge < -0.3 is 20.7 Å². The van der Waals surface area contributed by atoms with Gasteiger partial charge in [0.05, 0.1) is 6.54 Å². The molecular formula is C15H23N3O3. The number of rotatable bonds is 8. The van der Waals surface area contributed by atoms with Crippen LogP contribution in [-0.2, 0) is 9.59 Å². The normalized spacial score (nSPS) is 11.6. The van der Waals surface area contributed by atoms with E-state index in [0.29, 0.717) is 17.5 Å². The van der Waals surface area contributed by atoms with Gasteiger partial charge in [0.25, 0.3) is 5.91 Å². The molecule has 0 bridgehead atoms. The van der Waals surface area contributed by atoms with Crippen molar-refractivity contribution in [2.45, 2.75) is 26.3 Å². The highest BCUT2D eigenvalue weighted by Crippen LogP contribution is 2.17. The van der Waals surface area contributed by atoms with Gasteiger partial charge in [-0.15, -0.1) is 0 Å². The highest BCUT2D eigenvalue weighted by molar-refractivity contribution is 5.92. The van der Waals surface area contributed by atoms with Crippen LogP contribution in [0.15, 0.2) is 24.3 Å².